The van der Waals surface area contributed by atoms with Gasteiger partial charge in [0, 0.05) is 29.4 Å². The summed E-state index contributed by atoms with van der Waals surface area (Å²) in [6.07, 6.45) is 5.47. The number of aromatic nitrogens is 2. The lowest BCUT2D eigenvalue weighted by Crippen LogP contribution is -2.32. The molecule has 0 aliphatic rings. The van der Waals surface area contributed by atoms with Gasteiger partial charge in [-0.25, -0.2) is 4.98 Å². The molecular weight excluding hydrogens is 298 g/mol. The lowest BCUT2D eigenvalue weighted by Gasteiger charge is -2.15. The van der Waals surface area contributed by atoms with Crippen molar-refractivity contribution in [2.45, 2.75) is 32.7 Å². The number of pyridine rings is 2. The maximum Gasteiger partial charge on any atom is 0.252 e. The largest absolute Gasteiger partial charge is 0.350 e. The number of carbonyl (C=O) groups excluding carboxylic acids is 1. The van der Waals surface area contributed by atoms with Crippen molar-refractivity contribution in [3.63, 3.8) is 0 Å². The first-order chi connectivity index (χ1) is 11.7. The fourth-order valence-corrected chi connectivity index (χ4v) is 2.84. The van der Waals surface area contributed by atoms with Crippen molar-refractivity contribution in [3.8, 4) is 11.3 Å². The van der Waals surface area contributed by atoms with Gasteiger partial charge in [0.1, 0.15) is 0 Å². The number of carbonyl (C=O) groups is 1. The van der Waals surface area contributed by atoms with Gasteiger partial charge in [0.05, 0.1) is 16.8 Å². The number of rotatable bonds is 5. The summed E-state index contributed by atoms with van der Waals surface area (Å²) in [5.41, 5.74) is 3.21. The standard InChI is InChI=1S/C20H21N3O/c1-3-6-14(2)22-20(24)17-13-19(15-9-11-21-12-10-15)23-18-8-5-4-7-16(17)18/h4-5,7-14H,3,6H2,1-2H3,(H,22,24)/t14-/m0/s1. The van der Waals surface area contributed by atoms with Crippen molar-refractivity contribution in [1.29, 1.82) is 0 Å². The van der Waals surface area contributed by atoms with Crippen LogP contribution in [0.3, 0.4) is 0 Å². The van der Waals surface area contributed by atoms with Crippen LogP contribution in [0.1, 0.15) is 37.0 Å². The topological polar surface area (TPSA) is 54.9 Å². The van der Waals surface area contributed by atoms with Crippen LogP contribution in [0.5, 0.6) is 0 Å². The molecule has 1 N–H and O–H groups in total. The Morgan fingerprint density at radius 3 is 2.67 bits per heavy atom. The van der Waals surface area contributed by atoms with Crippen LogP contribution < -0.4 is 5.32 Å². The highest BCUT2D eigenvalue weighted by Crippen LogP contribution is 2.24. The van der Waals surface area contributed by atoms with E-state index in [-0.39, 0.29) is 11.9 Å². The van der Waals surface area contributed by atoms with E-state index in [1.54, 1.807) is 12.4 Å². The quantitative estimate of drug-likeness (QED) is 0.766. The number of hydrogen-bond acceptors (Lipinski definition) is 3. The highest BCUT2D eigenvalue weighted by molar-refractivity contribution is 6.07. The highest BCUT2D eigenvalue weighted by Gasteiger charge is 2.15. The number of benzene rings is 1. The fourth-order valence-electron chi connectivity index (χ4n) is 2.84. The van der Waals surface area contributed by atoms with E-state index in [2.05, 4.69) is 17.2 Å². The Hall–Kier alpha value is -2.75. The molecule has 4 nitrogen and oxygen atoms in total. The highest BCUT2D eigenvalue weighted by atomic mass is 16.1. The Bertz CT molecular complexity index is 846. The predicted octanol–water partition coefficient (Wildman–Crippen LogP) is 4.22. The second-order valence-electron chi connectivity index (χ2n) is 5.97. The minimum atomic E-state index is -0.0511. The molecule has 1 amide bonds. The monoisotopic (exact) mass is 319 g/mol. The average Bonchev–Trinajstić information content (AvgIpc) is 2.61. The molecule has 2 heterocycles. The Morgan fingerprint density at radius 2 is 1.92 bits per heavy atom. The zero-order chi connectivity index (χ0) is 16.9. The Balaban J connectivity index is 2.06. The minimum Gasteiger partial charge on any atom is -0.350 e. The fraction of sp³-hybridized carbons (Fsp3) is 0.250. The number of nitrogens with one attached hydrogen (secondary N) is 1. The number of nitrogens with zero attached hydrogens (tertiary/aromatic N) is 2. The van der Waals surface area contributed by atoms with E-state index in [1.807, 2.05) is 49.4 Å². The van der Waals surface area contributed by atoms with Crippen LogP contribution in [0.4, 0.5) is 0 Å². The van der Waals surface area contributed by atoms with Crippen molar-refractivity contribution in [1.82, 2.24) is 15.3 Å². The predicted molar refractivity (Wildman–Crippen MR) is 96.8 cm³/mol. The van der Waals surface area contributed by atoms with Gasteiger partial charge in [-0.2, -0.15) is 0 Å². The Kier molecular flexibility index (Phi) is 4.85. The second kappa shape index (κ2) is 7.21. The molecule has 0 fully saturated rings. The van der Waals surface area contributed by atoms with Crippen molar-refractivity contribution in [2.75, 3.05) is 0 Å². The maximum atomic E-state index is 12.8. The first-order valence-corrected chi connectivity index (χ1v) is 8.30. The van der Waals surface area contributed by atoms with Crippen LogP contribution in [-0.4, -0.2) is 21.9 Å². The Labute approximate surface area is 142 Å². The van der Waals surface area contributed by atoms with Gasteiger partial charge in [0.15, 0.2) is 0 Å². The molecule has 3 rings (SSSR count). The van der Waals surface area contributed by atoms with E-state index in [0.29, 0.717) is 5.56 Å². The number of amides is 1. The molecule has 122 valence electrons. The van der Waals surface area contributed by atoms with Gasteiger partial charge in [0.25, 0.3) is 5.91 Å². The van der Waals surface area contributed by atoms with E-state index in [1.165, 1.54) is 0 Å². The third kappa shape index (κ3) is 3.43. The van der Waals surface area contributed by atoms with Gasteiger partial charge in [-0.05, 0) is 37.6 Å². The molecule has 24 heavy (non-hydrogen) atoms. The maximum absolute atomic E-state index is 12.8. The molecule has 0 radical (unpaired) electrons. The van der Waals surface area contributed by atoms with Crippen LogP contribution in [0, 0.1) is 0 Å². The van der Waals surface area contributed by atoms with E-state index in [9.17, 15) is 4.79 Å². The molecule has 0 saturated carbocycles. The van der Waals surface area contributed by atoms with Gasteiger partial charge in [-0.3, -0.25) is 9.78 Å². The van der Waals surface area contributed by atoms with Crippen molar-refractivity contribution >= 4 is 16.8 Å². The molecule has 1 atom stereocenters. The second-order valence-corrected chi connectivity index (χ2v) is 5.97. The zero-order valence-corrected chi connectivity index (χ0v) is 14.0. The third-order valence-electron chi connectivity index (χ3n) is 4.04. The molecule has 0 aliphatic heterocycles. The number of para-hydroxylation sites is 1. The molecule has 4 heteroatoms. The minimum absolute atomic E-state index is 0.0511. The van der Waals surface area contributed by atoms with E-state index in [4.69, 9.17) is 4.98 Å². The number of fused-ring (bicyclic) bond motifs is 1. The van der Waals surface area contributed by atoms with Gasteiger partial charge in [-0.15, -0.1) is 0 Å². The van der Waals surface area contributed by atoms with Gasteiger partial charge in [0.2, 0.25) is 0 Å². The molecular formula is C20H21N3O. The molecule has 0 saturated heterocycles. The SMILES string of the molecule is CCC[C@H](C)NC(=O)c1cc(-c2ccncc2)nc2ccccc12. The van der Waals surface area contributed by atoms with Gasteiger partial charge in [-0.1, -0.05) is 31.5 Å². The molecule has 1 aromatic carbocycles. The first kappa shape index (κ1) is 16.1. The van der Waals surface area contributed by atoms with Crippen LogP contribution in [-0.2, 0) is 0 Å². The smallest absolute Gasteiger partial charge is 0.252 e. The lowest BCUT2D eigenvalue weighted by atomic mass is 10.0. The van der Waals surface area contributed by atoms with E-state index in [0.717, 1.165) is 35.0 Å². The third-order valence-corrected chi connectivity index (χ3v) is 4.04. The van der Waals surface area contributed by atoms with E-state index >= 15 is 0 Å². The summed E-state index contributed by atoms with van der Waals surface area (Å²) < 4.78 is 0. The summed E-state index contributed by atoms with van der Waals surface area (Å²) in [7, 11) is 0. The molecule has 3 aromatic rings. The van der Waals surface area contributed by atoms with Crippen molar-refractivity contribution < 1.29 is 4.79 Å². The van der Waals surface area contributed by atoms with E-state index < -0.39 is 0 Å². The summed E-state index contributed by atoms with van der Waals surface area (Å²) in [5, 5.41) is 3.96. The summed E-state index contributed by atoms with van der Waals surface area (Å²) in [6, 6.07) is 13.6. The first-order valence-electron chi connectivity index (χ1n) is 8.30. The molecule has 0 spiro atoms. The summed E-state index contributed by atoms with van der Waals surface area (Å²) in [6.45, 7) is 4.15. The summed E-state index contributed by atoms with van der Waals surface area (Å²) in [5.74, 6) is -0.0511. The molecule has 0 bridgehead atoms. The van der Waals surface area contributed by atoms with Gasteiger partial charge < -0.3 is 5.32 Å². The average molecular weight is 319 g/mol. The van der Waals surface area contributed by atoms with Crippen LogP contribution in [0.2, 0.25) is 0 Å². The molecule has 0 unspecified atom stereocenters. The van der Waals surface area contributed by atoms with Crippen molar-refractivity contribution in [2.24, 2.45) is 0 Å². The lowest BCUT2D eigenvalue weighted by molar-refractivity contribution is 0.0940. The zero-order valence-electron chi connectivity index (χ0n) is 14.0. The Morgan fingerprint density at radius 1 is 1.17 bits per heavy atom. The van der Waals surface area contributed by atoms with Crippen LogP contribution in [0.25, 0.3) is 22.2 Å². The molecule has 2 aromatic heterocycles. The number of hydrogen-bond donors (Lipinski definition) is 1. The van der Waals surface area contributed by atoms with Crippen LogP contribution in [0.15, 0.2) is 54.9 Å². The summed E-state index contributed by atoms with van der Waals surface area (Å²) >= 11 is 0. The normalized spacial score (nSPS) is 12.1. The van der Waals surface area contributed by atoms with Crippen LogP contribution >= 0.6 is 0 Å². The summed E-state index contributed by atoms with van der Waals surface area (Å²) in [4.78, 5) is 21.5. The van der Waals surface area contributed by atoms with Crippen molar-refractivity contribution in [3.05, 3.63) is 60.4 Å². The molecule has 0 aliphatic carbocycles. The van der Waals surface area contributed by atoms with Gasteiger partial charge >= 0.3 is 0 Å².